The van der Waals surface area contributed by atoms with Gasteiger partial charge in [0.05, 0.1) is 30.7 Å². The molecule has 7 nitrogen and oxygen atoms in total. The van der Waals surface area contributed by atoms with Crippen LogP contribution in [0.3, 0.4) is 0 Å². The maximum Gasteiger partial charge on any atom is 0.255 e. The Balaban J connectivity index is 1.87. The second-order valence-electron chi connectivity index (χ2n) is 7.89. The van der Waals surface area contributed by atoms with E-state index in [1.54, 1.807) is 13.2 Å². The normalized spacial score (nSPS) is 16.1. The molecule has 2 aromatic rings. The van der Waals surface area contributed by atoms with E-state index in [1.807, 2.05) is 31.2 Å². The van der Waals surface area contributed by atoms with Gasteiger partial charge in [0.15, 0.2) is 0 Å². The van der Waals surface area contributed by atoms with Gasteiger partial charge < -0.3 is 14.8 Å². The Kier molecular flexibility index (Phi) is 8.15. The molecule has 1 N–H and O–H groups in total. The third-order valence-corrected chi connectivity index (χ3v) is 7.74. The van der Waals surface area contributed by atoms with Crippen LogP contribution in [0.2, 0.25) is 0 Å². The minimum atomic E-state index is -3.68. The number of benzene rings is 2. The largest absolute Gasteiger partial charge is 0.497 e. The van der Waals surface area contributed by atoms with Crippen molar-refractivity contribution in [1.29, 1.82) is 0 Å². The highest BCUT2D eigenvalue weighted by molar-refractivity contribution is 7.89. The summed E-state index contributed by atoms with van der Waals surface area (Å²) in [6, 6.07) is 11.8. The zero-order valence-corrected chi connectivity index (χ0v) is 19.8. The van der Waals surface area contributed by atoms with Crippen molar-refractivity contribution >= 4 is 15.9 Å². The highest BCUT2D eigenvalue weighted by Crippen LogP contribution is 2.27. The molecule has 0 spiro atoms. The van der Waals surface area contributed by atoms with Crippen molar-refractivity contribution < 1.29 is 22.7 Å². The van der Waals surface area contributed by atoms with Crippen LogP contribution in [-0.2, 0) is 10.0 Å². The second kappa shape index (κ2) is 10.8. The lowest BCUT2D eigenvalue weighted by molar-refractivity contribution is 0.0932. The van der Waals surface area contributed by atoms with E-state index in [0.29, 0.717) is 25.3 Å². The minimum Gasteiger partial charge on any atom is -0.497 e. The van der Waals surface area contributed by atoms with E-state index in [2.05, 4.69) is 5.32 Å². The first-order chi connectivity index (χ1) is 15.4. The summed E-state index contributed by atoms with van der Waals surface area (Å²) in [7, 11) is -0.604. The van der Waals surface area contributed by atoms with Gasteiger partial charge in [-0.15, -0.1) is 0 Å². The molecule has 1 saturated heterocycles. The molecule has 0 aliphatic carbocycles. The lowest BCUT2D eigenvalue weighted by Gasteiger charge is -2.22. The molecule has 1 aliphatic rings. The molecule has 174 valence electrons. The summed E-state index contributed by atoms with van der Waals surface area (Å²) in [6.07, 6.45) is 4.44. The summed E-state index contributed by atoms with van der Waals surface area (Å²) in [6.45, 7) is 2.99. The molecule has 3 rings (SSSR count). The van der Waals surface area contributed by atoms with Gasteiger partial charge >= 0.3 is 0 Å². The maximum absolute atomic E-state index is 13.2. The quantitative estimate of drug-likeness (QED) is 0.640. The van der Waals surface area contributed by atoms with Gasteiger partial charge in [-0.3, -0.25) is 4.79 Å². The molecule has 0 saturated carbocycles. The van der Waals surface area contributed by atoms with E-state index in [4.69, 9.17) is 9.47 Å². The van der Waals surface area contributed by atoms with Crippen LogP contribution < -0.4 is 14.8 Å². The first kappa shape index (κ1) is 24.1. The Hall–Kier alpha value is -2.58. The monoisotopic (exact) mass is 460 g/mol. The Bertz CT molecular complexity index is 1010. The average Bonchev–Trinajstić information content (AvgIpc) is 3.12. The lowest BCUT2D eigenvalue weighted by atomic mass is 10.0. The number of hydrogen-bond donors (Lipinski definition) is 1. The molecular weight excluding hydrogens is 428 g/mol. The number of sulfonamides is 1. The van der Waals surface area contributed by atoms with Gasteiger partial charge in [0, 0.05) is 13.1 Å². The van der Waals surface area contributed by atoms with Crippen molar-refractivity contribution in [3.63, 3.8) is 0 Å². The summed E-state index contributed by atoms with van der Waals surface area (Å²) < 4.78 is 38.5. The van der Waals surface area contributed by atoms with Gasteiger partial charge in [-0.05, 0) is 55.2 Å². The first-order valence-corrected chi connectivity index (χ1v) is 12.5. The third kappa shape index (κ3) is 5.42. The number of rotatable bonds is 8. The fourth-order valence-electron chi connectivity index (χ4n) is 3.95. The SMILES string of the molecule is CC[C@H](NC(=O)c1cc(S(=O)(=O)N2CCCCCC2)ccc1OC)c1ccc(OC)cc1. The zero-order chi connectivity index (χ0) is 23.1. The molecule has 1 atom stereocenters. The molecule has 8 heteroatoms. The maximum atomic E-state index is 13.2. The fraction of sp³-hybridized carbons (Fsp3) is 0.458. The summed E-state index contributed by atoms with van der Waals surface area (Å²) >= 11 is 0. The molecule has 2 aromatic carbocycles. The van der Waals surface area contributed by atoms with Crippen molar-refractivity contribution in [2.45, 2.75) is 50.0 Å². The predicted octanol–water partition coefficient (Wildman–Crippen LogP) is 4.15. The topological polar surface area (TPSA) is 84.9 Å². The molecule has 1 heterocycles. The number of nitrogens with one attached hydrogen (secondary N) is 1. The molecule has 0 bridgehead atoms. The molecule has 1 aliphatic heterocycles. The molecule has 1 amide bonds. The van der Waals surface area contributed by atoms with E-state index < -0.39 is 10.0 Å². The van der Waals surface area contributed by atoms with E-state index in [0.717, 1.165) is 37.0 Å². The summed E-state index contributed by atoms with van der Waals surface area (Å²) in [5.41, 5.74) is 1.14. The molecule has 0 unspecified atom stereocenters. The van der Waals surface area contributed by atoms with Crippen molar-refractivity contribution in [2.75, 3.05) is 27.3 Å². The first-order valence-electron chi connectivity index (χ1n) is 11.0. The number of nitrogens with zero attached hydrogens (tertiary/aromatic N) is 1. The van der Waals surface area contributed by atoms with Crippen LogP contribution in [0, 0.1) is 0 Å². The van der Waals surface area contributed by atoms with Crippen molar-refractivity contribution in [1.82, 2.24) is 9.62 Å². The molecule has 0 radical (unpaired) electrons. The van der Waals surface area contributed by atoms with Crippen LogP contribution in [0.5, 0.6) is 11.5 Å². The number of carbonyl (C=O) groups excluding carboxylic acids is 1. The number of ether oxygens (including phenoxy) is 2. The van der Waals surface area contributed by atoms with Gasteiger partial charge in [-0.2, -0.15) is 4.31 Å². The van der Waals surface area contributed by atoms with Gasteiger partial charge in [0.2, 0.25) is 10.0 Å². The van der Waals surface area contributed by atoms with E-state index in [-0.39, 0.29) is 22.4 Å². The number of methoxy groups -OCH3 is 2. The van der Waals surface area contributed by atoms with Crippen LogP contribution >= 0.6 is 0 Å². The molecule has 32 heavy (non-hydrogen) atoms. The summed E-state index contributed by atoms with van der Waals surface area (Å²) in [4.78, 5) is 13.3. The summed E-state index contributed by atoms with van der Waals surface area (Å²) in [5.74, 6) is 0.697. The van der Waals surface area contributed by atoms with Crippen molar-refractivity contribution in [2.24, 2.45) is 0 Å². The molecular formula is C24H32N2O5S. The smallest absolute Gasteiger partial charge is 0.255 e. The van der Waals surface area contributed by atoms with Crippen LogP contribution in [0.4, 0.5) is 0 Å². The Morgan fingerprint density at radius 1 is 1.00 bits per heavy atom. The van der Waals surface area contributed by atoms with Crippen LogP contribution in [0.15, 0.2) is 47.4 Å². The van der Waals surface area contributed by atoms with Crippen molar-refractivity contribution in [3.05, 3.63) is 53.6 Å². The standard InChI is InChI=1S/C24H32N2O5S/c1-4-22(18-9-11-19(30-2)12-10-18)25-24(27)21-17-20(13-14-23(21)31-3)32(28,29)26-15-7-5-6-8-16-26/h9-14,17,22H,4-8,15-16H2,1-3H3,(H,25,27)/t22-/m0/s1. The Labute approximate surface area is 190 Å². The second-order valence-corrected chi connectivity index (χ2v) is 9.83. The average molecular weight is 461 g/mol. The number of hydrogen-bond acceptors (Lipinski definition) is 5. The van der Waals surface area contributed by atoms with E-state index in [9.17, 15) is 13.2 Å². The predicted molar refractivity (Wildman–Crippen MR) is 124 cm³/mol. The Morgan fingerprint density at radius 3 is 2.22 bits per heavy atom. The number of carbonyl (C=O) groups is 1. The molecule has 1 fully saturated rings. The lowest BCUT2D eigenvalue weighted by Crippen LogP contribution is -2.32. The Morgan fingerprint density at radius 2 is 1.66 bits per heavy atom. The number of amides is 1. The fourth-order valence-corrected chi connectivity index (χ4v) is 5.49. The summed E-state index contributed by atoms with van der Waals surface area (Å²) in [5, 5.41) is 3.01. The van der Waals surface area contributed by atoms with Gasteiger partial charge in [0.1, 0.15) is 11.5 Å². The van der Waals surface area contributed by atoms with E-state index in [1.165, 1.54) is 23.5 Å². The van der Waals surface area contributed by atoms with Gasteiger partial charge in [0.25, 0.3) is 5.91 Å². The van der Waals surface area contributed by atoms with Crippen LogP contribution in [-0.4, -0.2) is 45.9 Å². The van der Waals surface area contributed by atoms with Crippen LogP contribution in [0.1, 0.15) is 61.0 Å². The molecule has 0 aromatic heterocycles. The van der Waals surface area contributed by atoms with Gasteiger partial charge in [-0.1, -0.05) is 31.9 Å². The highest BCUT2D eigenvalue weighted by Gasteiger charge is 2.27. The third-order valence-electron chi connectivity index (χ3n) is 5.85. The van der Waals surface area contributed by atoms with Gasteiger partial charge in [-0.25, -0.2) is 8.42 Å². The van der Waals surface area contributed by atoms with Crippen molar-refractivity contribution in [3.8, 4) is 11.5 Å². The zero-order valence-electron chi connectivity index (χ0n) is 19.0. The highest BCUT2D eigenvalue weighted by atomic mass is 32.2. The minimum absolute atomic E-state index is 0.114. The van der Waals surface area contributed by atoms with Crippen LogP contribution in [0.25, 0.3) is 0 Å². The van der Waals surface area contributed by atoms with E-state index >= 15 is 0 Å².